The molecule has 0 aliphatic carbocycles. The molecule has 3 rings (SSSR count). The molecule has 0 saturated carbocycles. The second-order valence-corrected chi connectivity index (χ2v) is 7.57. The standard InChI is InChI=1S/C15H15Cl2NO8S/c1-4(20)18-10-12(22)11(21)6(3-19)25-14(10)24-5-2-7-13(9(17)8(5)16)26-15(23)27-7/h2,6,10-12,14,19,21-22H,3H2,1H3,(H,18,20)/t6-,10+,11+,12-,14-/m1/s1. The summed E-state index contributed by atoms with van der Waals surface area (Å²) in [6, 6.07) is 0.243. The van der Waals surface area contributed by atoms with Crippen LogP contribution in [0.15, 0.2) is 15.3 Å². The fourth-order valence-electron chi connectivity index (χ4n) is 2.71. The van der Waals surface area contributed by atoms with Gasteiger partial charge in [-0.1, -0.05) is 34.5 Å². The summed E-state index contributed by atoms with van der Waals surface area (Å²) >= 11 is 13.1. The summed E-state index contributed by atoms with van der Waals surface area (Å²) in [5.74, 6) is -0.495. The van der Waals surface area contributed by atoms with Crippen LogP contribution in [0.5, 0.6) is 5.75 Å². The normalized spacial score (nSPS) is 28.3. The number of aliphatic hydroxyl groups excluding tert-OH is 3. The Morgan fingerprint density at radius 1 is 1.33 bits per heavy atom. The van der Waals surface area contributed by atoms with E-state index in [1.165, 1.54) is 13.0 Å². The van der Waals surface area contributed by atoms with Crippen LogP contribution in [-0.4, -0.2) is 58.5 Å². The number of rotatable bonds is 4. The number of amides is 1. The molecule has 0 bridgehead atoms. The SMILES string of the molecule is CC(=O)N[C@@H]1[C@H](Oc2cc3sc(=O)oc3c(Cl)c2Cl)O[C@H](CO)[C@H](O)[C@@H]1O. The molecule has 1 aliphatic heterocycles. The molecule has 0 spiro atoms. The minimum atomic E-state index is -1.48. The first-order chi connectivity index (χ1) is 12.7. The monoisotopic (exact) mass is 439 g/mol. The second-order valence-electron chi connectivity index (χ2n) is 5.83. The number of fused-ring (bicyclic) bond motifs is 1. The molecule has 9 nitrogen and oxygen atoms in total. The summed E-state index contributed by atoms with van der Waals surface area (Å²) in [7, 11) is 0. The first-order valence-electron chi connectivity index (χ1n) is 7.70. The maximum atomic E-state index is 11.5. The van der Waals surface area contributed by atoms with Gasteiger partial charge in [0.05, 0.1) is 11.3 Å². The van der Waals surface area contributed by atoms with Crippen LogP contribution in [0.1, 0.15) is 6.92 Å². The van der Waals surface area contributed by atoms with Crippen LogP contribution >= 0.6 is 34.5 Å². The minimum Gasteiger partial charge on any atom is -0.461 e. The van der Waals surface area contributed by atoms with Gasteiger partial charge in [0.1, 0.15) is 40.1 Å². The summed E-state index contributed by atoms with van der Waals surface area (Å²) in [5.41, 5.74) is 0.107. The second kappa shape index (κ2) is 7.92. The van der Waals surface area contributed by atoms with Crippen molar-refractivity contribution in [2.24, 2.45) is 0 Å². The molecule has 12 heteroatoms. The largest absolute Gasteiger partial charge is 0.461 e. The Bertz CT molecular complexity index is 915. The number of hydrogen-bond acceptors (Lipinski definition) is 9. The average Bonchev–Trinajstić information content (AvgIpc) is 2.99. The molecular weight excluding hydrogens is 425 g/mol. The number of carbonyl (C=O) groups is 1. The molecule has 1 fully saturated rings. The average molecular weight is 440 g/mol. The number of ether oxygens (including phenoxy) is 2. The quantitative estimate of drug-likeness (QED) is 0.539. The predicted molar refractivity (Wildman–Crippen MR) is 96.4 cm³/mol. The van der Waals surface area contributed by atoms with E-state index in [9.17, 15) is 24.9 Å². The zero-order valence-electron chi connectivity index (χ0n) is 13.7. The lowest BCUT2D eigenvalue weighted by Gasteiger charge is -2.42. The van der Waals surface area contributed by atoms with Crippen LogP contribution in [0, 0.1) is 0 Å². The first-order valence-corrected chi connectivity index (χ1v) is 9.28. The summed E-state index contributed by atoms with van der Waals surface area (Å²) < 4.78 is 16.5. The Morgan fingerprint density at radius 2 is 2.04 bits per heavy atom. The molecule has 1 amide bonds. The van der Waals surface area contributed by atoms with Gasteiger partial charge in [-0.2, -0.15) is 0 Å². The fraction of sp³-hybridized carbons (Fsp3) is 0.467. The Kier molecular flexibility index (Phi) is 5.96. The fourth-order valence-corrected chi connectivity index (χ4v) is 3.89. The van der Waals surface area contributed by atoms with E-state index < -0.39 is 48.1 Å². The zero-order chi connectivity index (χ0) is 19.9. The molecule has 1 aromatic carbocycles. The Balaban J connectivity index is 1.97. The first kappa shape index (κ1) is 20.3. The highest BCUT2D eigenvalue weighted by Gasteiger charge is 2.46. The van der Waals surface area contributed by atoms with Gasteiger partial charge in [-0.25, -0.2) is 4.79 Å². The van der Waals surface area contributed by atoms with E-state index in [1.807, 2.05) is 0 Å². The van der Waals surface area contributed by atoms with Crippen molar-refractivity contribution >= 4 is 50.7 Å². The van der Waals surface area contributed by atoms with Crippen LogP contribution in [0.4, 0.5) is 0 Å². The number of aliphatic hydroxyl groups is 3. The lowest BCUT2D eigenvalue weighted by molar-refractivity contribution is -0.244. The molecule has 1 saturated heterocycles. The van der Waals surface area contributed by atoms with Gasteiger partial charge in [-0.15, -0.1) is 0 Å². The zero-order valence-corrected chi connectivity index (χ0v) is 16.0. The Labute approximate surface area is 166 Å². The van der Waals surface area contributed by atoms with Crippen molar-refractivity contribution < 1.29 is 34.0 Å². The number of hydrogen-bond donors (Lipinski definition) is 4. The van der Waals surface area contributed by atoms with Gasteiger partial charge in [0.25, 0.3) is 0 Å². The third-order valence-electron chi connectivity index (χ3n) is 3.97. The Morgan fingerprint density at radius 3 is 2.67 bits per heavy atom. The van der Waals surface area contributed by atoms with Crippen molar-refractivity contribution in [2.75, 3.05) is 6.61 Å². The highest BCUT2D eigenvalue weighted by molar-refractivity contribution is 7.16. The third kappa shape index (κ3) is 3.92. The van der Waals surface area contributed by atoms with E-state index in [0.29, 0.717) is 4.70 Å². The van der Waals surface area contributed by atoms with Crippen molar-refractivity contribution in [2.45, 2.75) is 37.6 Å². The smallest absolute Gasteiger partial charge is 0.396 e. The summed E-state index contributed by atoms with van der Waals surface area (Å²) in [6.07, 6.45) is -5.39. The number of halogens is 2. The van der Waals surface area contributed by atoms with Crippen LogP contribution in [0.3, 0.4) is 0 Å². The van der Waals surface area contributed by atoms with E-state index in [4.69, 9.17) is 37.1 Å². The lowest BCUT2D eigenvalue weighted by atomic mass is 9.97. The highest BCUT2D eigenvalue weighted by Crippen LogP contribution is 2.40. The van der Waals surface area contributed by atoms with Gasteiger partial charge in [0, 0.05) is 13.0 Å². The summed E-state index contributed by atoms with van der Waals surface area (Å²) in [4.78, 5) is 22.3. The molecule has 2 aromatic rings. The van der Waals surface area contributed by atoms with Crippen molar-refractivity contribution in [1.82, 2.24) is 5.32 Å². The summed E-state index contributed by atoms with van der Waals surface area (Å²) in [6.45, 7) is 0.620. The number of carbonyl (C=O) groups excluding carboxylic acids is 1. The maximum Gasteiger partial charge on any atom is 0.396 e. The summed E-state index contributed by atoms with van der Waals surface area (Å²) in [5, 5.41) is 32.0. The maximum absolute atomic E-state index is 11.5. The molecular formula is C15H15Cl2NO8S. The molecule has 27 heavy (non-hydrogen) atoms. The molecule has 2 heterocycles. The number of nitrogens with one attached hydrogen (secondary N) is 1. The van der Waals surface area contributed by atoms with Gasteiger partial charge in [0.15, 0.2) is 5.58 Å². The van der Waals surface area contributed by atoms with Gasteiger partial charge in [0.2, 0.25) is 12.2 Å². The van der Waals surface area contributed by atoms with Gasteiger partial charge >= 0.3 is 4.94 Å². The molecule has 148 valence electrons. The Hall–Kier alpha value is -1.40. The van der Waals surface area contributed by atoms with Crippen LogP contribution in [-0.2, 0) is 9.53 Å². The van der Waals surface area contributed by atoms with Gasteiger partial charge in [-0.3, -0.25) is 4.79 Å². The molecule has 0 radical (unpaired) electrons. The molecule has 0 unspecified atom stereocenters. The van der Waals surface area contributed by atoms with Crippen molar-refractivity contribution in [3.8, 4) is 5.75 Å². The van der Waals surface area contributed by atoms with E-state index in [-0.39, 0.29) is 21.4 Å². The van der Waals surface area contributed by atoms with Gasteiger partial charge in [-0.05, 0) is 0 Å². The van der Waals surface area contributed by atoms with Crippen molar-refractivity contribution in [1.29, 1.82) is 0 Å². The molecule has 1 aliphatic rings. The van der Waals surface area contributed by atoms with E-state index in [2.05, 4.69) is 5.32 Å². The third-order valence-corrected chi connectivity index (χ3v) is 5.57. The van der Waals surface area contributed by atoms with Crippen LogP contribution in [0.2, 0.25) is 10.0 Å². The van der Waals surface area contributed by atoms with Crippen molar-refractivity contribution in [3.63, 3.8) is 0 Å². The van der Waals surface area contributed by atoms with Crippen LogP contribution in [0.25, 0.3) is 10.3 Å². The van der Waals surface area contributed by atoms with Crippen molar-refractivity contribution in [3.05, 3.63) is 25.8 Å². The van der Waals surface area contributed by atoms with E-state index >= 15 is 0 Å². The number of benzene rings is 1. The van der Waals surface area contributed by atoms with Gasteiger partial charge < -0.3 is 34.5 Å². The molecule has 5 atom stereocenters. The van der Waals surface area contributed by atoms with Crippen LogP contribution < -0.4 is 15.0 Å². The highest BCUT2D eigenvalue weighted by atomic mass is 35.5. The van der Waals surface area contributed by atoms with E-state index in [1.54, 1.807) is 0 Å². The molecule has 1 aromatic heterocycles. The topological polar surface area (TPSA) is 138 Å². The molecule has 4 N–H and O–H groups in total. The van der Waals surface area contributed by atoms with E-state index in [0.717, 1.165) is 11.3 Å². The lowest BCUT2D eigenvalue weighted by Crippen LogP contribution is -2.65. The minimum absolute atomic E-state index is 0.00634. The predicted octanol–water partition coefficient (Wildman–Crippen LogP) is 0.484.